The second kappa shape index (κ2) is 3.48. The number of allylic oxidation sites excluding steroid dienone is 1. The zero-order chi connectivity index (χ0) is 12.3. The van der Waals surface area contributed by atoms with Crippen LogP contribution in [0.3, 0.4) is 0 Å². The minimum Gasteiger partial charge on any atom is -0.347 e. The van der Waals surface area contributed by atoms with Gasteiger partial charge in [-0.1, -0.05) is 46.3 Å². The summed E-state index contributed by atoms with van der Waals surface area (Å²) >= 11 is 3.56. The minimum atomic E-state index is 0.425. The lowest BCUT2D eigenvalue weighted by Gasteiger charge is -2.14. The third-order valence-electron chi connectivity index (χ3n) is 3.96. The van der Waals surface area contributed by atoms with Crippen LogP contribution in [0.25, 0.3) is 6.08 Å². The Balaban J connectivity index is 1.98. The van der Waals surface area contributed by atoms with Gasteiger partial charge in [-0.2, -0.15) is 0 Å². The van der Waals surface area contributed by atoms with Gasteiger partial charge >= 0.3 is 0 Å². The number of nitrogens with zero attached hydrogens (tertiary/aromatic N) is 1. The van der Waals surface area contributed by atoms with Crippen LogP contribution in [0.1, 0.15) is 22.6 Å². The SMILES string of the molecule is CN1C2=Cc3ccccc3C2c2ccc(Br)cc21. The molecule has 1 aliphatic heterocycles. The molecule has 0 N–H and O–H groups in total. The van der Waals surface area contributed by atoms with Gasteiger partial charge < -0.3 is 4.90 Å². The molecule has 0 aromatic heterocycles. The number of halogens is 1. The molecular formula is C16H12BrN. The van der Waals surface area contributed by atoms with E-state index in [9.17, 15) is 0 Å². The second-order valence-electron chi connectivity index (χ2n) is 4.89. The van der Waals surface area contributed by atoms with Crippen molar-refractivity contribution in [2.24, 2.45) is 0 Å². The fourth-order valence-electron chi connectivity index (χ4n) is 3.12. The van der Waals surface area contributed by atoms with Crippen LogP contribution in [0.15, 0.2) is 52.6 Å². The third kappa shape index (κ3) is 1.21. The quantitative estimate of drug-likeness (QED) is 0.697. The summed E-state index contributed by atoms with van der Waals surface area (Å²) in [5.41, 5.74) is 6.91. The van der Waals surface area contributed by atoms with Crippen LogP contribution in [0.4, 0.5) is 5.69 Å². The van der Waals surface area contributed by atoms with E-state index in [-0.39, 0.29) is 0 Å². The van der Waals surface area contributed by atoms with Crippen LogP contribution < -0.4 is 4.90 Å². The lowest BCUT2D eigenvalue weighted by Crippen LogP contribution is -2.11. The normalized spacial score (nSPS) is 19.3. The van der Waals surface area contributed by atoms with Crippen molar-refractivity contribution >= 4 is 27.7 Å². The number of hydrogen-bond acceptors (Lipinski definition) is 1. The number of fused-ring (bicyclic) bond motifs is 5. The first-order valence-electron chi connectivity index (χ1n) is 6.09. The number of rotatable bonds is 0. The van der Waals surface area contributed by atoms with Crippen molar-refractivity contribution in [3.63, 3.8) is 0 Å². The van der Waals surface area contributed by atoms with Gasteiger partial charge in [-0.05, 0) is 34.9 Å². The molecule has 2 aromatic carbocycles. The van der Waals surface area contributed by atoms with Crippen molar-refractivity contribution < 1.29 is 0 Å². The van der Waals surface area contributed by atoms with Gasteiger partial charge in [-0.3, -0.25) is 0 Å². The summed E-state index contributed by atoms with van der Waals surface area (Å²) in [6.07, 6.45) is 2.31. The monoisotopic (exact) mass is 297 g/mol. The molecule has 0 bridgehead atoms. The standard InChI is InChI=1S/C16H12BrN/c1-18-14-9-11(17)6-7-13(14)16-12-5-3-2-4-10(12)8-15(16)18/h2-9,16H,1H3. The Morgan fingerprint density at radius 1 is 1.06 bits per heavy atom. The summed E-state index contributed by atoms with van der Waals surface area (Å²) in [7, 11) is 2.16. The molecule has 1 aliphatic carbocycles. The average Bonchev–Trinajstić information content (AvgIpc) is 2.87. The molecule has 0 saturated carbocycles. The summed E-state index contributed by atoms with van der Waals surface area (Å²) < 4.78 is 1.14. The highest BCUT2D eigenvalue weighted by atomic mass is 79.9. The number of anilines is 1. The molecule has 18 heavy (non-hydrogen) atoms. The summed E-state index contributed by atoms with van der Waals surface area (Å²) in [5, 5.41) is 0. The lowest BCUT2D eigenvalue weighted by atomic mass is 9.93. The van der Waals surface area contributed by atoms with Gasteiger partial charge in [0.25, 0.3) is 0 Å². The van der Waals surface area contributed by atoms with Crippen LogP contribution in [-0.4, -0.2) is 7.05 Å². The molecule has 2 heteroatoms. The lowest BCUT2D eigenvalue weighted by molar-refractivity contribution is 0.990. The second-order valence-corrected chi connectivity index (χ2v) is 5.81. The molecule has 0 fully saturated rings. The summed E-state index contributed by atoms with van der Waals surface area (Å²) in [6, 6.07) is 15.3. The molecular weight excluding hydrogens is 286 g/mol. The average molecular weight is 298 g/mol. The molecule has 1 unspecified atom stereocenters. The van der Waals surface area contributed by atoms with E-state index in [0.717, 1.165) is 4.47 Å². The smallest absolute Gasteiger partial charge is 0.0519 e. The Morgan fingerprint density at radius 2 is 1.89 bits per heavy atom. The van der Waals surface area contributed by atoms with Crippen molar-refractivity contribution in [1.29, 1.82) is 0 Å². The molecule has 0 amide bonds. The highest BCUT2D eigenvalue weighted by Crippen LogP contribution is 2.51. The first-order valence-corrected chi connectivity index (χ1v) is 6.89. The van der Waals surface area contributed by atoms with E-state index in [4.69, 9.17) is 0 Å². The molecule has 0 saturated heterocycles. The van der Waals surface area contributed by atoms with E-state index in [2.05, 4.69) is 76.4 Å². The number of hydrogen-bond donors (Lipinski definition) is 0. The van der Waals surface area contributed by atoms with E-state index in [1.807, 2.05) is 0 Å². The maximum atomic E-state index is 3.56. The highest BCUT2D eigenvalue weighted by molar-refractivity contribution is 9.10. The fraction of sp³-hybridized carbons (Fsp3) is 0.125. The summed E-state index contributed by atoms with van der Waals surface area (Å²) in [6.45, 7) is 0. The molecule has 4 rings (SSSR count). The van der Waals surface area contributed by atoms with Gasteiger partial charge in [0.1, 0.15) is 0 Å². The van der Waals surface area contributed by atoms with E-state index >= 15 is 0 Å². The highest BCUT2D eigenvalue weighted by Gasteiger charge is 2.37. The van der Waals surface area contributed by atoms with Crippen molar-refractivity contribution in [1.82, 2.24) is 0 Å². The Bertz CT molecular complexity index is 687. The van der Waals surface area contributed by atoms with Crippen LogP contribution >= 0.6 is 15.9 Å². The maximum Gasteiger partial charge on any atom is 0.0519 e. The topological polar surface area (TPSA) is 3.24 Å². The molecule has 1 atom stereocenters. The van der Waals surface area contributed by atoms with Crippen LogP contribution in [0, 0.1) is 0 Å². The summed E-state index contributed by atoms with van der Waals surface area (Å²) in [5.74, 6) is 0.425. The zero-order valence-electron chi connectivity index (χ0n) is 10.0. The van der Waals surface area contributed by atoms with Crippen LogP contribution in [0.5, 0.6) is 0 Å². The predicted molar refractivity (Wildman–Crippen MR) is 78.8 cm³/mol. The van der Waals surface area contributed by atoms with Crippen molar-refractivity contribution in [2.45, 2.75) is 5.92 Å². The Hall–Kier alpha value is -1.54. The molecule has 1 heterocycles. The van der Waals surface area contributed by atoms with Crippen molar-refractivity contribution in [3.8, 4) is 0 Å². The number of benzene rings is 2. The van der Waals surface area contributed by atoms with Gasteiger partial charge in [0.2, 0.25) is 0 Å². The summed E-state index contributed by atoms with van der Waals surface area (Å²) in [4.78, 5) is 2.31. The number of likely N-dealkylation sites (N-methyl/N-ethyl adjacent to an activating group) is 1. The van der Waals surface area contributed by atoms with Gasteiger partial charge in [-0.15, -0.1) is 0 Å². The Kier molecular flexibility index (Phi) is 2.01. The first-order chi connectivity index (χ1) is 8.75. The Labute approximate surface area is 115 Å². The molecule has 2 aromatic rings. The molecule has 1 nitrogen and oxygen atoms in total. The van der Waals surface area contributed by atoms with Gasteiger partial charge in [0.15, 0.2) is 0 Å². The van der Waals surface area contributed by atoms with Gasteiger partial charge in [0.05, 0.1) is 5.92 Å². The molecule has 0 radical (unpaired) electrons. The van der Waals surface area contributed by atoms with Gasteiger partial charge in [0, 0.05) is 22.9 Å². The zero-order valence-corrected chi connectivity index (χ0v) is 11.6. The maximum absolute atomic E-state index is 3.56. The van der Waals surface area contributed by atoms with Gasteiger partial charge in [-0.25, -0.2) is 0 Å². The Morgan fingerprint density at radius 3 is 2.78 bits per heavy atom. The minimum absolute atomic E-state index is 0.425. The van der Waals surface area contributed by atoms with E-state index < -0.39 is 0 Å². The van der Waals surface area contributed by atoms with E-state index in [0.29, 0.717) is 5.92 Å². The molecule has 2 aliphatic rings. The molecule has 88 valence electrons. The largest absolute Gasteiger partial charge is 0.347 e. The first kappa shape index (κ1) is 10.4. The third-order valence-corrected chi connectivity index (χ3v) is 4.45. The fourth-order valence-corrected chi connectivity index (χ4v) is 3.46. The van der Waals surface area contributed by atoms with Crippen LogP contribution in [0.2, 0.25) is 0 Å². The van der Waals surface area contributed by atoms with E-state index in [1.54, 1.807) is 0 Å². The predicted octanol–water partition coefficient (Wildman–Crippen LogP) is 4.39. The van der Waals surface area contributed by atoms with E-state index in [1.165, 1.54) is 28.1 Å². The van der Waals surface area contributed by atoms with Crippen molar-refractivity contribution in [3.05, 3.63) is 69.3 Å². The molecule has 0 spiro atoms. The van der Waals surface area contributed by atoms with Crippen LogP contribution in [-0.2, 0) is 0 Å². The van der Waals surface area contributed by atoms with Crippen molar-refractivity contribution in [2.75, 3.05) is 11.9 Å².